The molecule has 0 spiro atoms. The quantitative estimate of drug-likeness (QED) is 0.0424. The molecule has 2 unspecified atom stereocenters. The molecule has 0 aliphatic rings. The highest BCUT2D eigenvalue weighted by molar-refractivity contribution is 5.76. The molecule has 6 nitrogen and oxygen atoms in total. The van der Waals surface area contributed by atoms with Crippen molar-refractivity contribution in [3.8, 4) is 0 Å². The van der Waals surface area contributed by atoms with Gasteiger partial charge in [-0.2, -0.15) is 0 Å². The fourth-order valence-corrected chi connectivity index (χ4v) is 7.64. The molecule has 0 aromatic heterocycles. The van der Waals surface area contributed by atoms with Gasteiger partial charge in [-0.15, -0.1) is 0 Å². The van der Waals surface area contributed by atoms with E-state index in [1.165, 1.54) is 180 Å². The number of aliphatic hydroxyl groups is 2. The predicted octanol–water partition coefficient (Wildman–Crippen LogP) is 14.0. The summed E-state index contributed by atoms with van der Waals surface area (Å²) in [5, 5.41) is 23.2. The Hall–Kier alpha value is -1.14. The van der Waals surface area contributed by atoms with Crippen molar-refractivity contribution in [3.05, 3.63) is 0 Å². The van der Waals surface area contributed by atoms with Crippen LogP contribution in [0.1, 0.15) is 271 Å². The molecule has 0 radical (unpaired) electrons. The summed E-state index contributed by atoms with van der Waals surface area (Å²) in [6, 6.07) is -0.558. The van der Waals surface area contributed by atoms with Gasteiger partial charge in [0.2, 0.25) is 5.91 Å². The summed E-state index contributed by atoms with van der Waals surface area (Å²) in [5.41, 5.74) is 0. The third-order valence-corrected chi connectivity index (χ3v) is 11.4. The second-order valence-electron chi connectivity index (χ2n) is 16.8. The molecule has 0 rings (SSSR count). The van der Waals surface area contributed by atoms with Crippen LogP contribution in [-0.2, 0) is 14.3 Å². The van der Waals surface area contributed by atoms with Crippen LogP contribution >= 0.6 is 0 Å². The fraction of sp³-hybridized carbons (Fsp3) is 0.958. The smallest absolute Gasteiger partial charge is 0.305 e. The van der Waals surface area contributed by atoms with Gasteiger partial charge in [0.25, 0.3) is 0 Å². The van der Waals surface area contributed by atoms with Crippen molar-refractivity contribution in [2.24, 2.45) is 0 Å². The first kappa shape index (κ1) is 52.9. The van der Waals surface area contributed by atoms with Crippen molar-refractivity contribution < 1.29 is 24.5 Å². The van der Waals surface area contributed by atoms with Crippen molar-refractivity contribution in [2.45, 2.75) is 283 Å². The summed E-state index contributed by atoms with van der Waals surface area (Å²) in [5.74, 6) is -0.0831. The van der Waals surface area contributed by atoms with E-state index in [0.717, 1.165) is 57.8 Å². The van der Waals surface area contributed by atoms with Crippen LogP contribution in [0.25, 0.3) is 0 Å². The topological polar surface area (TPSA) is 95.9 Å². The van der Waals surface area contributed by atoms with Gasteiger partial charge in [0, 0.05) is 12.8 Å². The highest BCUT2D eigenvalue weighted by Gasteiger charge is 2.20. The largest absolute Gasteiger partial charge is 0.466 e. The number of rotatable bonds is 45. The standard InChI is InChI=1S/C48H95NO5/c1-3-5-7-9-11-13-15-17-19-21-24-28-32-36-40-46(51)45(44-50)49-47(52)41-37-33-29-25-23-27-31-35-39-43-54-48(53)42-38-34-30-26-22-20-18-16-14-12-10-8-6-4-2/h45-46,50-51H,3-44H2,1-2H3,(H,49,52). The van der Waals surface area contributed by atoms with Crippen LogP contribution in [0.3, 0.4) is 0 Å². The second kappa shape index (κ2) is 44.6. The maximum Gasteiger partial charge on any atom is 0.305 e. The van der Waals surface area contributed by atoms with Crippen molar-refractivity contribution in [1.29, 1.82) is 0 Å². The van der Waals surface area contributed by atoms with Gasteiger partial charge in [0.1, 0.15) is 0 Å². The summed E-state index contributed by atoms with van der Waals surface area (Å²) in [6.07, 6.45) is 47.7. The van der Waals surface area contributed by atoms with E-state index in [1.807, 2.05) is 0 Å². The van der Waals surface area contributed by atoms with Gasteiger partial charge >= 0.3 is 5.97 Å². The van der Waals surface area contributed by atoms with Gasteiger partial charge < -0.3 is 20.3 Å². The molecular formula is C48H95NO5. The monoisotopic (exact) mass is 766 g/mol. The molecule has 1 amide bonds. The molecule has 0 aliphatic heterocycles. The molecule has 0 saturated carbocycles. The first-order valence-corrected chi connectivity index (χ1v) is 24.3. The lowest BCUT2D eigenvalue weighted by molar-refractivity contribution is -0.143. The molecule has 0 heterocycles. The van der Waals surface area contributed by atoms with E-state index in [9.17, 15) is 19.8 Å². The number of unbranched alkanes of at least 4 members (excludes halogenated alkanes) is 34. The van der Waals surface area contributed by atoms with Crippen LogP contribution in [0.15, 0.2) is 0 Å². The molecule has 0 aliphatic carbocycles. The minimum atomic E-state index is -0.679. The summed E-state index contributed by atoms with van der Waals surface area (Å²) in [7, 11) is 0. The van der Waals surface area contributed by atoms with E-state index in [0.29, 0.717) is 25.9 Å². The highest BCUT2D eigenvalue weighted by atomic mass is 16.5. The Morgan fingerprint density at radius 1 is 0.444 bits per heavy atom. The fourth-order valence-electron chi connectivity index (χ4n) is 7.64. The summed E-state index contributed by atoms with van der Waals surface area (Å²) in [6.45, 7) is 4.90. The Morgan fingerprint density at radius 3 is 1.13 bits per heavy atom. The number of aliphatic hydroxyl groups excluding tert-OH is 2. The molecule has 3 N–H and O–H groups in total. The Labute approximate surface area is 336 Å². The van der Waals surface area contributed by atoms with E-state index in [4.69, 9.17) is 4.74 Å². The van der Waals surface area contributed by atoms with Gasteiger partial charge in [0.05, 0.1) is 25.4 Å². The van der Waals surface area contributed by atoms with Crippen LogP contribution in [0, 0.1) is 0 Å². The minimum Gasteiger partial charge on any atom is -0.466 e. The van der Waals surface area contributed by atoms with E-state index in [-0.39, 0.29) is 18.5 Å². The van der Waals surface area contributed by atoms with Crippen LogP contribution in [-0.4, -0.2) is 47.4 Å². The number of hydrogen-bond donors (Lipinski definition) is 3. The first-order valence-electron chi connectivity index (χ1n) is 24.3. The van der Waals surface area contributed by atoms with Gasteiger partial charge in [0.15, 0.2) is 0 Å². The predicted molar refractivity (Wildman–Crippen MR) is 232 cm³/mol. The van der Waals surface area contributed by atoms with Gasteiger partial charge in [-0.1, -0.05) is 232 Å². The molecule has 0 aromatic carbocycles. The Kier molecular flexibility index (Phi) is 43.6. The molecule has 6 heteroatoms. The van der Waals surface area contributed by atoms with Crippen LogP contribution < -0.4 is 5.32 Å². The zero-order chi connectivity index (χ0) is 39.4. The van der Waals surface area contributed by atoms with Gasteiger partial charge in [-0.05, 0) is 25.7 Å². The Bertz CT molecular complexity index is 761. The lowest BCUT2D eigenvalue weighted by Crippen LogP contribution is -2.45. The average molecular weight is 766 g/mol. The number of amides is 1. The first-order chi connectivity index (χ1) is 26.5. The molecule has 0 bridgehead atoms. The second-order valence-corrected chi connectivity index (χ2v) is 16.8. The SMILES string of the molecule is CCCCCCCCCCCCCCCCC(=O)OCCCCCCCCCCCC(=O)NC(CO)C(O)CCCCCCCCCCCCCCCC. The van der Waals surface area contributed by atoms with Crippen LogP contribution in [0.4, 0.5) is 0 Å². The van der Waals surface area contributed by atoms with E-state index >= 15 is 0 Å². The number of nitrogens with one attached hydrogen (secondary N) is 1. The van der Waals surface area contributed by atoms with Crippen molar-refractivity contribution in [2.75, 3.05) is 13.2 Å². The number of esters is 1. The van der Waals surface area contributed by atoms with E-state index in [2.05, 4.69) is 19.2 Å². The molecule has 322 valence electrons. The van der Waals surface area contributed by atoms with Gasteiger partial charge in [-0.3, -0.25) is 9.59 Å². The summed E-state index contributed by atoms with van der Waals surface area (Å²) in [4.78, 5) is 24.4. The Balaban J connectivity index is 3.47. The van der Waals surface area contributed by atoms with Crippen molar-refractivity contribution in [1.82, 2.24) is 5.32 Å². The normalized spacial score (nSPS) is 12.6. The minimum absolute atomic E-state index is 0.0223. The number of ether oxygens (including phenoxy) is 1. The van der Waals surface area contributed by atoms with Crippen molar-refractivity contribution >= 4 is 11.9 Å². The zero-order valence-corrected chi connectivity index (χ0v) is 36.5. The average Bonchev–Trinajstić information content (AvgIpc) is 3.17. The maximum absolute atomic E-state index is 12.4. The third kappa shape index (κ3) is 40.5. The Morgan fingerprint density at radius 2 is 0.759 bits per heavy atom. The lowest BCUT2D eigenvalue weighted by atomic mass is 10.0. The zero-order valence-electron chi connectivity index (χ0n) is 36.5. The van der Waals surface area contributed by atoms with Gasteiger partial charge in [-0.25, -0.2) is 0 Å². The van der Waals surface area contributed by atoms with Crippen LogP contribution in [0.5, 0.6) is 0 Å². The summed E-state index contributed by atoms with van der Waals surface area (Å²) >= 11 is 0. The van der Waals surface area contributed by atoms with E-state index < -0.39 is 12.1 Å². The molecule has 0 saturated heterocycles. The van der Waals surface area contributed by atoms with Crippen LogP contribution in [0.2, 0.25) is 0 Å². The number of carbonyl (C=O) groups excluding carboxylic acids is 2. The summed E-state index contributed by atoms with van der Waals surface area (Å²) < 4.78 is 5.45. The maximum atomic E-state index is 12.4. The molecule has 0 fully saturated rings. The molecule has 2 atom stereocenters. The number of hydrogen-bond acceptors (Lipinski definition) is 5. The highest BCUT2D eigenvalue weighted by Crippen LogP contribution is 2.16. The number of carbonyl (C=O) groups is 2. The molecular weight excluding hydrogens is 671 g/mol. The van der Waals surface area contributed by atoms with Crippen molar-refractivity contribution in [3.63, 3.8) is 0 Å². The third-order valence-electron chi connectivity index (χ3n) is 11.4. The molecule has 54 heavy (non-hydrogen) atoms. The molecule has 0 aromatic rings. The van der Waals surface area contributed by atoms with E-state index in [1.54, 1.807) is 0 Å². The lowest BCUT2D eigenvalue weighted by Gasteiger charge is -2.22.